The van der Waals surface area contributed by atoms with E-state index in [-0.39, 0.29) is 17.5 Å². The van der Waals surface area contributed by atoms with Crippen LogP contribution in [0.15, 0.2) is 82.7 Å². The quantitative estimate of drug-likeness (QED) is 0.257. The minimum atomic E-state index is -0.484. The maximum atomic E-state index is 13.1. The highest BCUT2D eigenvalue weighted by Crippen LogP contribution is 2.30. The summed E-state index contributed by atoms with van der Waals surface area (Å²) in [6.07, 6.45) is 0. The Morgan fingerprint density at radius 2 is 1.70 bits per heavy atom. The van der Waals surface area contributed by atoms with Gasteiger partial charge in [0, 0.05) is 22.3 Å². The minimum Gasteiger partial charge on any atom is -0.325 e. The molecule has 1 aromatic heterocycles. The average molecular weight is 478 g/mol. The summed E-state index contributed by atoms with van der Waals surface area (Å²) in [5.74, 6) is -0.167. The van der Waals surface area contributed by atoms with Crippen molar-refractivity contribution in [2.75, 3.05) is 5.32 Å². The van der Waals surface area contributed by atoms with Crippen LogP contribution in [0.5, 0.6) is 0 Å². The fourth-order valence-corrected chi connectivity index (χ4v) is 4.80. The number of carbonyl (C=O) groups is 1. The molecule has 168 valence electrons. The molecule has 0 unspecified atom stereocenters. The van der Waals surface area contributed by atoms with Gasteiger partial charge in [0.1, 0.15) is 0 Å². The van der Waals surface area contributed by atoms with E-state index >= 15 is 0 Å². The first kappa shape index (κ1) is 23.1. The number of fused-ring (bicyclic) bond motifs is 1. The average Bonchev–Trinajstić information content (AvgIpc) is 2.79. The highest BCUT2D eigenvalue weighted by atomic mass is 35.5. The Kier molecular flexibility index (Phi) is 6.86. The molecule has 0 saturated carbocycles. The maximum Gasteiger partial charge on any atom is 0.262 e. The molecule has 3 aromatic carbocycles. The van der Waals surface area contributed by atoms with Crippen LogP contribution in [0, 0.1) is 0 Å². The number of anilines is 1. The fourth-order valence-electron chi connectivity index (χ4n) is 3.60. The first-order chi connectivity index (χ1) is 15.8. The number of hydrogen-bond acceptors (Lipinski definition) is 4. The predicted molar refractivity (Wildman–Crippen MR) is 137 cm³/mol. The van der Waals surface area contributed by atoms with E-state index in [9.17, 15) is 9.59 Å². The van der Waals surface area contributed by atoms with Crippen LogP contribution in [-0.4, -0.2) is 20.7 Å². The Hall–Kier alpha value is -3.09. The molecule has 0 radical (unpaired) electrons. The Balaban J connectivity index is 1.63. The summed E-state index contributed by atoms with van der Waals surface area (Å²) in [4.78, 5) is 30.9. The molecule has 4 rings (SSSR count). The van der Waals surface area contributed by atoms with Gasteiger partial charge in [-0.25, -0.2) is 4.98 Å². The molecule has 0 aliphatic heterocycles. The smallest absolute Gasteiger partial charge is 0.262 e. The van der Waals surface area contributed by atoms with Crippen LogP contribution < -0.4 is 10.9 Å². The number of halogens is 1. The lowest BCUT2D eigenvalue weighted by Gasteiger charge is -2.19. The number of para-hydroxylation sites is 1. The van der Waals surface area contributed by atoms with Crippen molar-refractivity contribution in [2.24, 2.45) is 0 Å². The normalized spacial score (nSPS) is 12.2. The van der Waals surface area contributed by atoms with Gasteiger partial charge >= 0.3 is 0 Å². The number of nitrogens with one attached hydrogen (secondary N) is 1. The van der Waals surface area contributed by atoms with Crippen LogP contribution in [-0.2, 0) is 4.79 Å². The van der Waals surface area contributed by atoms with Crippen molar-refractivity contribution in [1.82, 2.24) is 9.55 Å². The molecule has 0 bridgehead atoms. The Labute approximate surface area is 201 Å². The minimum absolute atomic E-state index is 0.110. The zero-order valence-electron chi connectivity index (χ0n) is 18.6. The third-order valence-corrected chi connectivity index (χ3v) is 6.57. The van der Waals surface area contributed by atoms with Gasteiger partial charge in [0.05, 0.1) is 16.2 Å². The molecule has 1 atom stereocenters. The molecule has 33 heavy (non-hydrogen) atoms. The lowest BCUT2D eigenvalue weighted by atomic mass is 10.0. The van der Waals surface area contributed by atoms with Crippen molar-refractivity contribution >= 4 is 45.9 Å². The van der Waals surface area contributed by atoms with Crippen molar-refractivity contribution in [3.63, 3.8) is 0 Å². The number of carbonyl (C=O) groups excluding carboxylic acids is 1. The third kappa shape index (κ3) is 4.97. The molecule has 1 amide bonds. The maximum absolute atomic E-state index is 13.1. The predicted octanol–water partition coefficient (Wildman–Crippen LogP) is 6.42. The fraction of sp³-hybridized carbons (Fsp3) is 0.192. The van der Waals surface area contributed by atoms with Gasteiger partial charge in [-0.3, -0.25) is 14.2 Å². The molecule has 0 fully saturated rings. The van der Waals surface area contributed by atoms with Gasteiger partial charge in [-0.05, 0) is 50.6 Å². The van der Waals surface area contributed by atoms with E-state index in [4.69, 9.17) is 11.6 Å². The van der Waals surface area contributed by atoms with Crippen LogP contribution in [0.4, 0.5) is 5.69 Å². The largest absolute Gasteiger partial charge is 0.325 e. The van der Waals surface area contributed by atoms with Gasteiger partial charge in [0.2, 0.25) is 5.91 Å². The highest BCUT2D eigenvalue weighted by Gasteiger charge is 2.21. The van der Waals surface area contributed by atoms with Gasteiger partial charge in [-0.1, -0.05) is 71.9 Å². The molecule has 5 nitrogen and oxygen atoms in total. The first-order valence-corrected chi connectivity index (χ1v) is 11.9. The van der Waals surface area contributed by atoms with E-state index in [1.54, 1.807) is 22.8 Å². The van der Waals surface area contributed by atoms with Gasteiger partial charge in [0.15, 0.2) is 5.16 Å². The lowest BCUT2D eigenvalue weighted by Crippen LogP contribution is -2.28. The molecule has 0 aliphatic carbocycles. The van der Waals surface area contributed by atoms with Gasteiger partial charge in [-0.15, -0.1) is 0 Å². The third-order valence-electron chi connectivity index (χ3n) is 5.27. The van der Waals surface area contributed by atoms with E-state index in [1.165, 1.54) is 11.8 Å². The highest BCUT2D eigenvalue weighted by molar-refractivity contribution is 8.00. The van der Waals surface area contributed by atoms with Gasteiger partial charge < -0.3 is 5.32 Å². The first-order valence-electron chi connectivity index (χ1n) is 10.7. The molecular weight excluding hydrogens is 454 g/mol. The van der Waals surface area contributed by atoms with Crippen molar-refractivity contribution in [3.8, 4) is 11.1 Å². The van der Waals surface area contributed by atoms with E-state index in [0.29, 0.717) is 21.1 Å². The van der Waals surface area contributed by atoms with Gasteiger partial charge in [-0.2, -0.15) is 0 Å². The van der Waals surface area contributed by atoms with Gasteiger partial charge in [0.25, 0.3) is 5.56 Å². The number of nitrogens with zero attached hydrogens (tertiary/aromatic N) is 2. The number of aromatic nitrogens is 2. The molecular formula is C26H24ClN3O2S. The molecule has 0 aliphatic rings. The summed E-state index contributed by atoms with van der Waals surface area (Å²) < 4.78 is 1.63. The molecule has 0 saturated heterocycles. The second kappa shape index (κ2) is 9.81. The summed E-state index contributed by atoms with van der Waals surface area (Å²) in [5, 5.41) is 4.06. The standard InChI is InChI=1S/C26H24ClN3O2S/c1-16(2)30-25(32)21-14-13-19(27)15-23(21)29-26(30)33-17(3)24(31)28-22-12-8-7-11-20(22)18-9-5-4-6-10-18/h4-17H,1-3H3,(H,28,31)/t17-/m1/s1. The monoisotopic (exact) mass is 477 g/mol. The molecule has 1 N–H and O–H groups in total. The second-order valence-electron chi connectivity index (χ2n) is 7.99. The topological polar surface area (TPSA) is 64.0 Å². The van der Waals surface area contributed by atoms with Crippen molar-refractivity contribution < 1.29 is 4.79 Å². The SMILES string of the molecule is CC(C)n1c(S[C@H](C)C(=O)Nc2ccccc2-c2ccccc2)nc2cc(Cl)ccc2c1=O. The summed E-state index contributed by atoms with van der Waals surface area (Å²) >= 11 is 7.38. The van der Waals surface area contributed by atoms with Crippen LogP contribution in [0.25, 0.3) is 22.0 Å². The van der Waals surface area contributed by atoms with Crippen molar-refractivity contribution in [3.05, 3.63) is 88.2 Å². The summed E-state index contributed by atoms with van der Waals surface area (Å²) in [6.45, 7) is 5.66. The Morgan fingerprint density at radius 3 is 2.42 bits per heavy atom. The molecule has 1 heterocycles. The summed E-state index contributed by atoms with van der Waals surface area (Å²) in [5.41, 5.74) is 3.09. The summed E-state index contributed by atoms with van der Waals surface area (Å²) in [7, 11) is 0. The van der Waals surface area contributed by atoms with Crippen LogP contribution in [0.1, 0.15) is 26.8 Å². The zero-order valence-corrected chi connectivity index (χ0v) is 20.2. The van der Waals surface area contributed by atoms with Crippen molar-refractivity contribution in [2.45, 2.75) is 37.2 Å². The second-order valence-corrected chi connectivity index (χ2v) is 9.73. The van der Waals surface area contributed by atoms with E-state index in [1.807, 2.05) is 75.4 Å². The van der Waals surface area contributed by atoms with Crippen LogP contribution >= 0.6 is 23.4 Å². The molecule has 0 spiro atoms. The van der Waals surface area contributed by atoms with Crippen molar-refractivity contribution in [1.29, 1.82) is 0 Å². The zero-order chi connectivity index (χ0) is 23.5. The van der Waals surface area contributed by atoms with E-state index in [0.717, 1.165) is 16.8 Å². The Morgan fingerprint density at radius 1 is 1.00 bits per heavy atom. The summed E-state index contributed by atoms with van der Waals surface area (Å²) in [6, 6.07) is 22.6. The van der Waals surface area contributed by atoms with E-state index in [2.05, 4.69) is 10.3 Å². The Bertz CT molecular complexity index is 1370. The number of benzene rings is 3. The molecule has 4 aromatic rings. The van der Waals surface area contributed by atoms with Crippen LogP contribution in [0.2, 0.25) is 5.02 Å². The molecule has 7 heteroatoms. The number of amides is 1. The number of hydrogen-bond donors (Lipinski definition) is 1. The van der Waals surface area contributed by atoms with E-state index < -0.39 is 5.25 Å². The number of rotatable bonds is 6. The van der Waals surface area contributed by atoms with Crippen LogP contribution in [0.3, 0.4) is 0 Å². The number of thioether (sulfide) groups is 1. The lowest BCUT2D eigenvalue weighted by molar-refractivity contribution is -0.115.